The Balaban J connectivity index is 3.68. The Morgan fingerprint density at radius 3 is 1.93 bits per heavy atom. The fourth-order valence-electron chi connectivity index (χ4n) is 4.93. The van der Waals surface area contributed by atoms with Crippen LogP contribution in [0, 0.1) is 18.3 Å². The zero-order chi connectivity index (χ0) is 33.8. The number of hydrogen-bond donors (Lipinski definition) is 3. The molecular weight excluding hydrogens is 548 g/mol. The van der Waals surface area contributed by atoms with Gasteiger partial charge in [-0.25, -0.2) is 9.59 Å². The van der Waals surface area contributed by atoms with Crippen LogP contribution in [0.4, 0.5) is 10.5 Å². The highest BCUT2D eigenvalue weighted by atomic mass is 16.6. The Hall–Kier alpha value is -3.56. The minimum absolute atomic E-state index is 0.100. The quantitative estimate of drug-likeness (QED) is 0.249. The molecule has 242 valence electrons. The van der Waals surface area contributed by atoms with Crippen molar-refractivity contribution in [3.05, 3.63) is 41.0 Å². The van der Waals surface area contributed by atoms with E-state index in [0.29, 0.717) is 5.69 Å². The van der Waals surface area contributed by atoms with Gasteiger partial charge in [0.2, 0.25) is 11.8 Å². The van der Waals surface area contributed by atoms with E-state index in [0.717, 1.165) is 11.1 Å². The SMILES string of the molecule is C/C(=C\[C@H](C(C)C)N(C)C(=O)[C@@H](NC(=O)C(N(C)C(=O)OC(C)(C)C)C(C)(C)c1ccc(C)c(N)c1)C(C)(C)C)C(=O)O. The molecule has 0 radical (unpaired) electrons. The molecule has 10 heteroatoms. The van der Waals surface area contributed by atoms with Crippen molar-refractivity contribution in [3.8, 4) is 0 Å². The minimum Gasteiger partial charge on any atom is -0.478 e. The monoisotopic (exact) mass is 602 g/mol. The molecular formula is C33H54N4O6. The number of carboxylic acids is 1. The van der Waals surface area contributed by atoms with Gasteiger partial charge in [0.15, 0.2) is 0 Å². The number of nitrogen functional groups attached to an aromatic ring is 1. The first-order chi connectivity index (χ1) is 19.3. The van der Waals surface area contributed by atoms with Gasteiger partial charge in [0.25, 0.3) is 0 Å². The lowest BCUT2D eigenvalue weighted by Gasteiger charge is -2.42. The second kappa shape index (κ2) is 13.8. The molecule has 1 aromatic rings. The number of hydrogen-bond acceptors (Lipinski definition) is 6. The summed E-state index contributed by atoms with van der Waals surface area (Å²) in [6.45, 7) is 21.6. The van der Waals surface area contributed by atoms with Gasteiger partial charge < -0.3 is 25.8 Å². The molecule has 0 fully saturated rings. The van der Waals surface area contributed by atoms with Crippen molar-refractivity contribution >= 4 is 29.6 Å². The zero-order valence-electron chi connectivity index (χ0n) is 28.6. The van der Waals surface area contributed by atoms with E-state index in [4.69, 9.17) is 10.5 Å². The molecule has 0 heterocycles. The molecule has 0 saturated heterocycles. The standard InChI is InChI=1S/C33H54N4O6/c1-19(2)24(17-21(4)29(40)41)36(13)28(39)25(31(5,6)7)35-27(38)26(37(14)30(42)43-32(8,9)10)33(11,12)22-16-15-20(3)23(34)18-22/h15-19,24-26H,34H2,1-14H3,(H,35,38)(H,40,41)/b21-17+/t24-,25-,26?/m1/s1. The van der Waals surface area contributed by atoms with E-state index < -0.39 is 52.5 Å². The van der Waals surface area contributed by atoms with E-state index in [1.54, 1.807) is 40.0 Å². The third-order valence-corrected chi connectivity index (χ3v) is 7.66. The molecule has 0 spiro atoms. The van der Waals surface area contributed by atoms with Crippen LogP contribution in [0.25, 0.3) is 0 Å². The number of carboxylic acid groups (broad SMARTS) is 1. The first kappa shape index (κ1) is 37.5. The summed E-state index contributed by atoms with van der Waals surface area (Å²) in [5.41, 5.74) is 6.02. The molecule has 0 aliphatic carbocycles. The number of amides is 3. The summed E-state index contributed by atoms with van der Waals surface area (Å²) < 4.78 is 5.63. The third kappa shape index (κ3) is 9.73. The molecule has 0 aliphatic heterocycles. The molecule has 1 aromatic carbocycles. The summed E-state index contributed by atoms with van der Waals surface area (Å²) in [5.74, 6) is -2.10. The minimum atomic E-state index is -1.09. The largest absolute Gasteiger partial charge is 0.478 e. The lowest BCUT2D eigenvalue weighted by atomic mass is 9.75. The summed E-state index contributed by atoms with van der Waals surface area (Å²) in [6, 6.07) is 2.91. The van der Waals surface area contributed by atoms with Gasteiger partial charge in [-0.05, 0) is 63.1 Å². The highest BCUT2D eigenvalue weighted by Crippen LogP contribution is 2.34. The molecule has 0 saturated carbocycles. The molecule has 0 bridgehead atoms. The summed E-state index contributed by atoms with van der Waals surface area (Å²) in [6.07, 6.45) is 0.863. The fraction of sp³-hybridized carbons (Fsp3) is 0.636. The number of benzene rings is 1. The van der Waals surface area contributed by atoms with E-state index in [1.165, 1.54) is 23.8 Å². The third-order valence-electron chi connectivity index (χ3n) is 7.66. The Labute approximate surface area is 258 Å². The van der Waals surface area contributed by atoms with Crippen LogP contribution in [0.1, 0.15) is 87.3 Å². The van der Waals surface area contributed by atoms with Crippen LogP contribution < -0.4 is 11.1 Å². The maximum absolute atomic E-state index is 14.3. The van der Waals surface area contributed by atoms with Crippen LogP contribution in [-0.2, 0) is 24.5 Å². The topological polar surface area (TPSA) is 142 Å². The van der Waals surface area contributed by atoms with E-state index in [1.807, 2.05) is 67.5 Å². The Kier molecular flexibility index (Phi) is 12.0. The van der Waals surface area contributed by atoms with Crippen LogP contribution >= 0.6 is 0 Å². The van der Waals surface area contributed by atoms with Gasteiger partial charge in [-0.2, -0.15) is 0 Å². The number of rotatable bonds is 10. The van der Waals surface area contributed by atoms with Crippen molar-refractivity contribution in [1.29, 1.82) is 0 Å². The highest BCUT2D eigenvalue weighted by Gasteiger charge is 2.46. The zero-order valence-corrected chi connectivity index (χ0v) is 28.6. The second-order valence-electron chi connectivity index (χ2n) is 14.4. The van der Waals surface area contributed by atoms with Crippen LogP contribution in [0.3, 0.4) is 0 Å². The Morgan fingerprint density at radius 2 is 1.51 bits per heavy atom. The van der Waals surface area contributed by atoms with Gasteiger partial charge >= 0.3 is 12.1 Å². The van der Waals surface area contributed by atoms with Gasteiger partial charge in [-0.15, -0.1) is 0 Å². The van der Waals surface area contributed by atoms with Crippen molar-refractivity contribution in [3.63, 3.8) is 0 Å². The van der Waals surface area contributed by atoms with Gasteiger partial charge in [0.1, 0.15) is 17.7 Å². The first-order valence-electron chi connectivity index (χ1n) is 14.6. The van der Waals surface area contributed by atoms with Crippen molar-refractivity contribution in [2.45, 2.75) is 112 Å². The summed E-state index contributed by atoms with van der Waals surface area (Å²) in [7, 11) is 3.11. The Morgan fingerprint density at radius 1 is 0.977 bits per heavy atom. The second-order valence-corrected chi connectivity index (χ2v) is 14.4. The van der Waals surface area contributed by atoms with Crippen molar-refractivity contribution in [2.24, 2.45) is 11.3 Å². The van der Waals surface area contributed by atoms with E-state index in [2.05, 4.69) is 5.32 Å². The smallest absolute Gasteiger partial charge is 0.410 e. The van der Waals surface area contributed by atoms with Crippen LogP contribution in [-0.4, -0.2) is 76.6 Å². The lowest BCUT2D eigenvalue weighted by molar-refractivity contribution is -0.142. The van der Waals surface area contributed by atoms with Gasteiger partial charge in [0, 0.05) is 30.8 Å². The number of likely N-dealkylation sites (N-methyl/N-ethyl adjacent to an activating group) is 2. The molecule has 1 rings (SSSR count). The highest BCUT2D eigenvalue weighted by molar-refractivity contribution is 5.93. The molecule has 1 unspecified atom stereocenters. The molecule has 3 amide bonds. The number of carbonyl (C=O) groups excluding carboxylic acids is 3. The lowest BCUT2D eigenvalue weighted by Crippen LogP contribution is -2.63. The first-order valence-corrected chi connectivity index (χ1v) is 14.6. The van der Waals surface area contributed by atoms with Gasteiger partial charge in [0.05, 0.1) is 6.04 Å². The summed E-state index contributed by atoms with van der Waals surface area (Å²) in [5, 5.41) is 12.4. The molecule has 4 N–H and O–H groups in total. The van der Waals surface area contributed by atoms with Gasteiger partial charge in [-0.3, -0.25) is 14.5 Å². The van der Waals surface area contributed by atoms with Crippen LogP contribution in [0.15, 0.2) is 29.8 Å². The number of aryl methyl sites for hydroxylation is 1. The molecule has 10 nitrogen and oxygen atoms in total. The average Bonchev–Trinajstić information content (AvgIpc) is 2.84. The van der Waals surface area contributed by atoms with Gasteiger partial charge in [-0.1, -0.05) is 66.7 Å². The maximum Gasteiger partial charge on any atom is 0.410 e. The molecule has 0 aliphatic rings. The van der Waals surface area contributed by atoms with E-state index in [9.17, 15) is 24.3 Å². The summed E-state index contributed by atoms with van der Waals surface area (Å²) in [4.78, 5) is 56.0. The average molecular weight is 603 g/mol. The number of anilines is 1. The van der Waals surface area contributed by atoms with E-state index >= 15 is 0 Å². The fourth-order valence-corrected chi connectivity index (χ4v) is 4.93. The van der Waals surface area contributed by atoms with Crippen molar-refractivity contribution in [2.75, 3.05) is 19.8 Å². The summed E-state index contributed by atoms with van der Waals surface area (Å²) >= 11 is 0. The normalized spacial score (nSPS) is 14.9. The number of nitrogens with two attached hydrogens (primary N) is 1. The van der Waals surface area contributed by atoms with Crippen molar-refractivity contribution in [1.82, 2.24) is 15.1 Å². The predicted molar refractivity (Wildman–Crippen MR) is 171 cm³/mol. The number of carbonyl (C=O) groups is 4. The van der Waals surface area contributed by atoms with Crippen molar-refractivity contribution < 1.29 is 29.0 Å². The Bertz CT molecular complexity index is 1220. The number of ether oxygens (including phenoxy) is 1. The molecule has 0 aromatic heterocycles. The number of nitrogens with zero attached hydrogens (tertiary/aromatic N) is 2. The van der Waals surface area contributed by atoms with Crippen LogP contribution in [0.5, 0.6) is 0 Å². The molecule has 43 heavy (non-hydrogen) atoms. The number of aliphatic carboxylic acids is 1. The number of nitrogens with one attached hydrogen (secondary N) is 1. The predicted octanol–water partition coefficient (Wildman–Crippen LogP) is 5.14. The van der Waals surface area contributed by atoms with E-state index in [-0.39, 0.29) is 17.4 Å². The van der Waals surface area contributed by atoms with Crippen LogP contribution in [0.2, 0.25) is 0 Å². The maximum atomic E-state index is 14.3. The molecule has 3 atom stereocenters.